The Morgan fingerprint density at radius 3 is 2.73 bits per heavy atom. The van der Waals surface area contributed by atoms with Gasteiger partial charge >= 0.3 is 5.97 Å². The predicted molar refractivity (Wildman–Crippen MR) is 53.3 cm³/mol. The summed E-state index contributed by atoms with van der Waals surface area (Å²) in [5.41, 5.74) is 0.336. The van der Waals surface area contributed by atoms with E-state index in [1.807, 2.05) is 13.8 Å². The summed E-state index contributed by atoms with van der Waals surface area (Å²) in [5.74, 6) is -1.51. The van der Waals surface area contributed by atoms with Gasteiger partial charge in [-0.15, -0.1) is 0 Å². The number of carboxylic acid groups (broad SMARTS) is 1. The van der Waals surface area contributed by atoms with Crippen LogP contribution in [-0.4, -0.2) is 17.2 Å². The molecule has 0 spiro atoms. The van der Waals surface area contributed by atoms with Crippen LogP contribution < -0.4 is 0 Å². The predicted octanol–water partition coefficient (Wildman–Crippen LogP) is 2.45. The minimum Gasteiger partial charge on any atom is -0.478 e. The van der Waals surface area contributed by atoms with Gasteiger partial charge in [-0.25, -0.2) is 9.18 Å². The second-order valence-corrected chi connectivity index (χ2v) is 3.47. The summed E-state index contributed by atoms with van der Waals surface area (Å²) < 4.78 is 18.4. The second kappa shape index (κ2) is 4.89. The highest BCUT2D eigenvalue weighted by atomic mass is 19.1. The standard InChI is InChI=1S/C11H13FO3/c1-7(2)15-6-9-5-8(11(13)14)3-4-10(9)12/h3-5,7H,6H2,1-2H3,(H,13,14). The van der Waals surface area contributed by atoms with Crippen LogP contribution in [0.1, 0.15) is 29.8 Å². The fraction of sp³-hybridized carbons (Fsp3) is 0.364. The van der Waals surface area contributed by atoms with Crippen molar-refractivity contribution < 1.29 is 19.0 Å². The van der Waals surface area contributed by atoms with Gasteiger partial charge < -0.3 is 9.84 Å². The maximum absolute atomic E-state index is 13.2. The number of halogens is 1. The number of carbonyl (C=O) groups is 1. The molecule has 0 aliphatic rings. The molecule has 1 aromatic carbocycles. The molecule has 0 aliphatic heterocycles. The molecule has 0 radical (unpaired) electrons. The molecular formula is C11H13FO3. The smallest absolute Gasteiger partial charge is 0.335 e. The Labute approximate surface area is 87.5 Å². The van der Waals surface area contributed by atoms with Crippen LogP contribution in [0.5, 0.6) is 0 Å². The van der Waals surface area contributed by atoms with E-state index in [-0.39, 0.29) is 23.8 Å². The molecule has 0 heterocycles. The van der Waals surface area contributed by atoms with E-state index in [0.717, 1.165) is 6.07 Å². The summed E-state index contributed by atoms with van der Waals surface area (Å²) in [7, 11) is 0. The Morgan fingerprint density at radius 2 is 2.20 bits per heavy atom. The number of aromatic carboxylic acids is 1. The van der Waals surface area contributed by atoms with Crippen molar-refractivity contribution >= 4 is 5.97 Å². The Hall–Kier alpha value is -1.42. The van der Waals surface area contributed by atoms with E-state index < -0.39 is 11.8 Å². The van der Waals surface area contributed by atoms with Crippen molar-refractivity contribution in [3.63, 3.8) is 0 Å². The van der Waals surface area contributed by atoms with Crippen LogP contribution in [0.15, 0.2) is 18.2 Å². The van der Waals surface area contributed by atoms with Gasteiger partial charge in [-0.3, -0.25) is 0 Å². The zero-order valence-electron chi connectivity index (χ0n) is 8.66. The summed E-state index contributed by atoms with van der Waals surface area (Å²) in [6, 6.07) is 3.67. The zero-order valence-corrected chi connectivity index (χ0v) is 8.66. The molecule has 0 amide bonds. The van der Waals surface area contributed by atoms with Gasteiger partial charge in [0.15, 0.2) is 0 Å². The first-order valence-corrected chi connectivity index (χ1v) is 4.64. The van der Waals surface area contributed by atoms with E-state index in [0.29, 0.717) is 0 Å². The second-order valence-electron chi connectivity index (χ2n) is 3.47. The molecule has 1 aromatic rings. The van der Waals surface area contributed by atoms with E-state index >= 15 is 0 Å². The van der Waals surface area contributed by atoms with Crippen LogP contribution in [0, 0.1) is 5.82 Å². The maximum atomic E-state index is 13.2. The van der Waals surface area contributed by atoms with Crippen LogP contribution >= 0.6 is 0 Å². The monoisotopic (exact) mass is 212 g/mol. The van der Waals surface area contributed by atoms with Crippen LogP contribution in [0.4, 0.5) is 4.39 Å². The van der Waals surface area contributed by atoms with E-state index in [9.17, 15) is 9.18 Å². The third-order valence-corrected chi connectivity index (χ3v) is 1.86. The highest BCUT2D eigenvalue weighted by Gasteiger charge is 2.08. The number of hydrogen-bond acceptors (Lipinski definition) is 2. The van der Waals surface area contributed by atoms with Gasteiger partial charge in [0.1, 0.15) is 5.82 Å². The molecule has 0 saturated carbocycles. The number of rotatable bonds is 4. The van der Waals surface area contributed by atoms with Crippen LogP contribution in [0.2, 0.25) is 0 Å². The Kier molecular flexibility index (Phi) is 3.80. The first-order chi connectivity index (χ1) is 7.00. The normalized spacial score (nSPS) is 10.7. The van der Waals surface area contributed by atoms with E-state index in [4.69, 9.17) is 9.84 Å². The average Bonchev–Trinajstić information content (AvgIpc) is 2.16. The van der Waals surface area contributed by atoms with Gasteiger partial charge in [0.05, 0.1) is 18.3 Å². The molecule has 15 heavy (non-hydrogen) atoms. The van der Waals surface area contributed by atoms with Gasteiger partial charge in [-0.1, -0.05) is 0 Å². The van der Waals surface area contributed by atoms with Crippen LogP contribution in [0.3, 0.4) is 0 Å². The molecule has 0 aromatic heterocycles. The van der Waals surface area contributed by atoms with Gasteiger partial charge in [0.25, 0.3) is 0 Å². The van der Waals surface area contributed by atoms with Crippen LogP contribution in [-0.2, 0) is 11.3 Å². The largest absolute Gasteiger partial charge is 0.478 e. The van der Waals surface area contributed by atoms with Gasteiger partial charge in [-0.2, -0.15) is 0 Å². The highest BCUT2D eigenvalue weighted by Crippen LogP contribution is 2.12. The quantitative estimate of drug-likeness (QED) is 0.833. The maximum Gasteiger partial charge on any atom is 0.335 e. The number of ether oxygens (including phenoxy) is 1. The summed E-state index contributed by atoms with van der Waals surface area (Å²) in [4.78, 5) is 10.6. The molecular weight excluding hydrogens is 199 g/mol. The molecule has 0 fully saturated rings. The lowest BCUT2D eigenvalue weighted by Gasteiger charge is -2.08. The Morgan fingerprint density at radius 1 is 1.53 bits per heavy atom. The molecule has 0 aliphatic carbocycles. The van der Waals surface area contributed by atoms with Crippen molar-refractivity contribution in [3.8, 4) is 0 Å². The van der Waals surface area contributed by atoms with Gasteiger partial charge in [0, 0.05) is 5.56 Å². The number of hydrogen-bond donors (Lipinski definition) is 1. The minimum absolute atomic E-state index is 0.0158. The number of carboxylic acids is 1. The molecule has 4 heteroatoms. The van der Waals surface area contributed by atoms with Crippen molar-refractivity contribution in [2.24, 2.45) is 0 Å². The van der Waals surface area contributed by atoms with Gasteiger partial charge in [-0.05, 0) is 32.0 Å². The summed E-state index contributed by atoms with van der Waals surface area (Å²) in [6.07, 6.45) is -0.0158. The van der Waals surface area contributed by atoms with Crippen molar-refractivity contribution in [3.05, 3.63) is 35.1 Å². The lowest BCUT2D eigenvalue weighted by molar-refractivity contribution is 0.0635. The Balaban J connectivity index is 2.85. The minimum atomic E-state index is -1.07. The van der Waals surface area contributed by atoms with E-state index in [2.05, 4.69) is 0 Å². The van der Waals surface area contributed by atoms with Crippen molar-refractivity contribution in [1.29, 1.82) is 0 Å². The Bertz CT molecular complexity index is 361. The number of benzene rings is 1. The molecule has 0 saturated heterocycles. The van der Waals surface area contributed by atoms with Gasteiger partial charge in [0.2, 0.25) is 0 Å². The fourth-order valence-corrected chi connectivity index (χ4v) is 1.07. The highest BCUT2D eigenvalue weighted by molar-refractivity contribution is 5.87. The summed E-state index contributed by atoms with van der Waals surface area (Å²) in [5, 5.41) is 8.71. The first kappa shape index (κ1) is 11.7. The molecule has 0 unspecified atom stereocenters. The van der Waals surface area contributed by atoms with Crippen molar-refractivity contribution in [2.45, 2.75) is 26.6 Å². The average molecular weight is 212 g/mol. The van der Waals surface area contributed by atoms with E-state index in [1.54, 1.807) is 0 Å². The fourth-order valence-electron chi connectivity index (χ4n) is 1.07. The van der Waals surface area contributed by atoms with Crippen molar-refractivity contribution in [1.82, 2.24) is 0 Å². The summed E-state index contributed by atoms with van der Waals surface area (Å²) >= 11 is 0. The molecule has 82 valence electrons. The summed E-state index contributed by atoms with van der Waals surface area (Å²) in [6.45, 7) is 3.75. The molecule has 1 rings (SSSR count). The zero-order chi connectivity index (χ0) is 11.4. The van der Waals surface area contributed by atoms with E-state index in [1.165, 1.54) is 12.1 Å². The molecule has 0 bridgehead atoms. The SMILES string of the molecule is CC(C)OCc1cc(C(=O)O)ccc1F. The lowest BCUT2D eigenvalue weighted by Crippen LogP contribution is -2.05. The van der Waals surface area contributed by atoms with Crippen LogP contribution in [0.25, 0.3) is 0 Å². The third kappa shape index (κ3) is 3.32. The topological polar surface area (TPSA) is 46.5 Å². The lowest BCUT2D eigenvalue weighted by atomic mass is 10.1. The third-order valence-electron chi connectivity index (χ3n) is 1.86. The molecule has 0 atom stereocenters. The van der Waals surface area contributed by atoms with Crippen molar-refractivity contribution in [2.75, 3.05) is 0 Å². The molecule has 1 N–H and O–H groups in total. The molecule has 3 nitrogen and oxygen atoms in total. The first-order valence-electron chi connectivity index (χ1n) is 4.64.